The van der Waals surface area contributed by atoms with Crippen LogP contribution in [-0.2, 0) is 0 Å². The topological polar surface area (TPSA) is 40.3 Å². The summed E-state index contributed by atoms with van der Waals surface area (Å²) in [5.41, 5.74) is 9.63. The van der Waals surface area contributed by atoms with Gasteiger partial charge >= 0.3 is 0 Å². The molecule has 0 aliphatic carbocycles. The van der Waals surface area contributed by atoms with Crippen LogP contribution in [0.4, 0.5) is 17.1 Å². The zero-order valence-electron chi connectivity index (χ0n) is 16.0. The van der Waals surface area contributed by atoms with Crippen LogP contribution in [0.3, 0.4) is 0 Å². The number of aryl methyl sites for hydroxylation is 3. The molecule has 28 heavy (non-hydrogen) atoms. The first-order valence-corrected chi connectivity index (χ1v) is 9.48. The highest BCUT2D eigenvalue weighted by atomic mass is 15.3. The van der Waals surface area contributed by atoms with E-state index in [1.807, 2.05) is 0 Å². The molecule has 6 rings (SSSR count). The van der Waals surface area contributed by atoms with Gasteiger partial charge in [-0.05, 0) is 57.2 Å². The zero-order valence-corrected chi connectivity index (χ0v) is 16.0. The van der Waals surface area contributed by atoms with Gasteiger partial charge in [-0.15, -0.1) is 0 Å². The van der Waals surface area contributed by atoms with Gasteiger partial charge in [-0.25, -0.2) is 15.0 Å². The number of nitrogens with zero attached hydrogens (tertiary/aromatic N) is 4. The van der Waals surface area contributed by atoms with Gasteiger partial charge < -0.3 is 0 Å². The Hall–Kier alpha value is -3.53. The minimum Gasteiger partial charge on any atom is -0.261 e. The van der Waals surface area contributed by atoms with E-state index in [4.69, 9.17) is 15.0 Å². The first kappa shape index (κ1) is 15.5. The van der Waals surface area contributed by atoms with E-state index in [9.17, 15) is 0 Å². The molecule has 0 saturated heterocycles. The first-order valence-electron chi connectivity index (χ1n) is 9.48. The lowest BCUT2D eigenvalue weighted by Gasteiger charge is -2.38. The molecule has 3 aromatic rings. The largest absolute Gasteiger partial charge is 0.261 e. The van der Waals surface area contributed by atoms with Gasteiger partial charge in [0.2, 0.25) is 0 Å². The van der Waals surface area contributed by atoms with Crippen LogP contribution in [0.1, 0.15) is 33.4 Å². The molecule has 0 fully saturated rings. The third-order valence-corrected chi connectivity index (χ3v) is 5.49. The highest BCUT2D eigenvalue weighted by Crippen LogP contribution is 2.41. The molecule has 0 atom stereocenters. The van der Waals surface area contributed by atoms with Crippen LogP contribution in [0.25, 0.3) is 0 Å². The molecule has 0 amide bonds. The van der Waals surface area contributed by atoms with E-state index in [0.717, 1.165) is 51.3 Å². The van der Waals surface area contributed by atoms with E-state index in [0.29, 0.717) is 0 Å². The Labute approximate surface area is 163 Å². The molecular formula is C24H18N4. The van der Waals surface area contributed by atoms with Crippen LogP contribution in [0, 0.1) is 20.8 Å². The summed E-state index contributed by atoms with van der Waals surface area (Å²) in [5.74, 6) is 2.72. The Kier molecular flexibility index (Phi) is 2.91. The monoisotopic (exact) mass is 362 g/mol. The summed E-state index contributed by atoms with van der Waals surface area (Å²) in [6.45, 7) is 6.30. The lowest BCUT2D eigenvalue weighted by atomic mass is 9.96. The Morgan fingerprint density at radius 3 is 1.14 bits per heavy atom. The fourth-order valence-electron chi connectivity index (χ4n) is 4.11. The van der Waals surface area contributed by atoms with Gasteiger partial charge in [-0.3, -0.25) is 4.90 Å². The molecule has 0 aromatic heterocycles. The maximum Gasteiger partial charge on any atom is 0.150 e. The summed E-state index contributed by atoms with van der Waals surface area (Å²) in [4.78, 5) is 17.3. The minimum atomic E-state index is 0.908. The van der Waals surface area contributed by atoms with Crippen LogP contribution in [0.5, 0.6) is 0 Å². The number of hydrogen-bond acceptors (Lipinski definition) is 4. The van der Waals surface area contributed by atoms with E-state index >= 15 is 0 Å². The molecule has 0 spiro atoms. The van der Waals surface area contributed by atoms with Gasteiger partial charge in [0.05, 0.1) is 17.1 Å². The molecule has 4 nitrogen and oxygen atoms in total. The normalized spacial score (nSPS) is 15.5. The SMILES string of the molecule is Cc1ccc2c(c1)C1=Nc3ccc(C)cc3C3=Nc4ccc(C)cc4C(=N2)N13. The molecule has 134 valence electrons. The first-order chi connectivity index (χ1) is 13.6. The number of aliphatic imine (C=N–C) groups is 3. The second-order valence-corrected chi connectivity index (χ2v) is 7.70. The van der Waals surface area contributed by atoms with Gasteiger partial charge in [0.1, 0.15) is 17.5 Å². The fraction of sp³-hybridized carbons (Fsp3) is 0.125. The second-order valence-electron chi connectivity index (χ2n) is 7.70. The molecular weight excluding hydrogens is 344 g/mol. The minimum absolute atomic E-state index is 0.908. The van der Waals surface area contributed by atoms with Crippen molar-refractivity contribution in [2.24, 2.45) is 15.0 Å². The van der Waals surface area contributed by atoms with E-state index in [-0.39, 0.29) is 0 Å². The third-order valence-electron chi connectivity index (χ3n) is 5.49. The van der Waals surface area contributed by atoms with Gasteiger partial charge in [-0.1, -0.05) is 34.9 Å². The summed E-state index contributed by atoms with van der Waals surface area (Å²) >= 11 is 0. The fourth-order valence-corrected chi connectivity index (χ4v) is 4.11. The Balaban J connectivity index is 1.76. The van der Waals surface area contributed by atoms with Crippen LogP contribution in [0.15, 0.2) is 69.6 Å². The number of benzene rings is 3. The van der Waals surface area contributed by atoms with E-state index < -0.39 is 0 Å². The van der Waals surface area contributed by atoms with Crippen molar-refractivity contribution in [3.63, 3.8) is 0 Å². The molecule has 3 aliphatic rings. The van der Waals surface area contributed by atoms with Crippen molar-refractivity contribution < 1.29 is 0 Å². The van der Waals surface area contributed by atoms with Crippen molar-refractivity contribution in [2.45, 2.75) is 20.8 Å². The Morgan fingerprint density at radius 1 is 0.500 bits per heavy atom. The summed E-state index contributed by atoms with van der Waals surface area (Å²) in [5, 5.41) is 0. The van der Waals surface area contributed by atoms with Crippen molar-refractivity contribution in [3.8, 4) is 0 Å². The molecule has 3 aromatic carbocycles. The standard InChI is InChI=1S/C24H18N4/c1-13-4-7-19-16(10-13)22-26-20-8-5-14(2)11-17(20)24-27-21-9-6-15(3)12-18(21)23(25-19)28(22)24/h4-12H,1-3H3. The summed E-state index contributed by atoms with van der Waals surface area (Å²) in [6.07, 6.45) is 0. The smallest absolute Gasteiger partial charge is 0.150 e. The highest BCUT2D eigenvalue weighted by molar-refractivity contribution is 6.36. The molecule has 0 radical (unpaired) electrons. The van der Waals surface area contributed by atoms with Crippen molar-refractivity contribution in [1.82, 2.24) is 4.90 Å². The molecule has 0 unspecified atom stereocenters. The van der Waals surface area contributed by atoms with Crippen molar-refractivity contribution in [1.29, 1.82) is 0 Å². The van der Waals surface area contributed by atoms with E-state index in [1.54, 1.807) is 0 Å². The van der Waals surface area contributed by atoms with Gasteiger partial charge in [0.25, 0.3) is 0 Å². The van der Waals surface area contributed by atoms with Crippen LogP contribution < -0.4 is 0 Å². The lowest BCUT2D eigenvalue weighted by molar-refractivity contribution is 0.862. The summed E-state index contributed by atoms with van der Waals surface area (Å²) < 4.78 is 0. The predicted octanol–water partition coefficient (Wildman–Crippen LogP) is 5.49. The number of fused-ring (bicyclic) bond motifs is 6. The highest BCUT2D eigenvalue weighted by Gasteiger charge is 2.39. The summed E-state index contributed by atoms with van der Waals surface area (Å²) in [6, 6.07) is 19.1. The van der Waals surface area contributed by atoms with Crippen LogP contribution in [-0.4, -0.2) is 22.4 Å². The maximum atomic E-state index is 5.05. The van der Waals surface area contributed by atoms with E-state index in [2.05, 4.69) is 80.3 Å². The van der Waals surface area contributed by atoms with Crippen LogP contribution >= 0.6 is 0 Å². The molecule has 4 heteroatoms. The number of hydrogen-bond donors (Lipinski definition) is 0. The number of rotatable bonds is 0. The average Bonchev–Trinajstić information content (AvgIpc) is 2.69. The lowest BCUT2D eigenvalue weighted by Crippen LogP contribution is -2.48. The maximum absolute atomic E-state index is 5.05. The van der Waals surface area contributed by atoms with Crippen molar-refractivity contribution in [3.05, 3.63) is 88.0 Å². The molecule has 0 bridgehead atoms. The average molecular weight is 362 g/mol. The quantitative estimate of drug-likeness (QED) is 0.521. The Morgan fingerprint density at radius 2 is 0.821 bits per heavy atom. The van der Waals surface area contributed by atoms with Crippen molar-refractivity contribution in [2.75, 3.05) is 0 Å². The predicted molar refractivity (Wildman–Crippen MR) is 114 cm³/mol. The van der Waals surface area contributed by atoms with Gasteiger partial charge in [-0.2, -0.15) is 0 Å². The molecule has 0 saturated carbocycles. The van der Waals surface area contributed by atoms with E-state index in [1.165, 1.54) is 16.7 Å². The Bertz CT molecular complexity index is 1130. The van der Waals surface area contributed by atoms with Crippen molar-refractivity contribution >= 4 is 34.6 Å². The molecule has 3 heterocycles. The number of amidine groups is 3. The second kappa shape index (κ2) is 5.26. The summed E-state index contributed by atoms with van der Waals surface area (Å²) in [7, 11) is 0. The molecule has 0 N–H and O–H groups in total. The third kappa shape index (κ3) is 2.03. The zero-order chi connectivity index (χ0) is 19.0. The van der Waals surface area contributed by atoms with Gasteiger partial charge in [0.15, 0.2) is 0 Å². The molecule has 3 aliphatic heterocycles. The van der Waals surface area contributed by atoms with Gasteiger partial charge in [0, 0.05) is 16.7 Å². The van der Waals surface area contributed by atoms with Crippen LogP contribution in [0.2, 0.25) is 0 Å².